The summed E-state index contributed by atoms with van der Waals surface area (Å²) in [6, 6.07) is 7.01. The normalized spacial score (nSPS) is 22.7. The molecule has 0 bridgehead atoms. The van der Waals surface area contributed by atoms with Crippen LogP contribution in [-0.4, -0.2) is 137 Å². The summed E-state index contributed by atoms with van der Waals surface area (Å²) in [4.78, 5) is 131. The molecule has 14 N–H and O–H groups in total. The molecule has 2 aliphatic rings. The van der Waals surface area contributed by atoms with E-state index in [-0.39, 0.29) is 56.9 Å². The van der Waals surface area contributed by atoms with Gasteiger partial charge >= 0.3 is 0 Å². The predicted octanol–water partition coefficient (Wildman–Crippen LogP) is 0.184. The Morgan fingerprint density at radius 3 is 2.00 bits per heavy atom. The van der Waals surface area contributed by atoms with Crippen LogP contribution in [0.4, 0.5) is 0 Å². The number of hydrogen-bond acceptors (Lipinski definition) is 13. The van der Waals surface area contributed by atoms with Crippen LogP contribution in [0.15, 0.2) is 59.6 Å². The molecule has 7 atom stereocenters. The molecule has 0 unspecified atom stereocenters. The van der Waals surface area contributed by atoms with Crippen LogP contribution in [0.3, 0.4) is 0 Å². The fourth-order valence-electron chi connectivity index (χ4n) is 8.55. The maximum Gasteiger partial charge on any atom is 0.246 e. The summed E-state index contributed by atoms with van der Waals surface area (Å²) in [7, 11) is 2.51. The van der Waals surface area contributed by atoms with Gasteiger partial charge in [-0.05, 0) is 74.6 Å². The molecule has 0 saturated carbocycles. The van der Waals surface area contributed by atoms with Crippen molar-refractivity contribution in [1.29, 1.82) is 0 Å². The largest absolute Gasteiger partial charge is 0.494 e. The molecular formula is C50H74N12O10S2. The lowest BCUT2D eigenvalue weighted by atomic mass is 9.96. The van der Waals surface area contributed by atoms with Crippen molar-refractivity contribution in [2.24, 2.45) is 33.8 Å². The first kappa shape index (κ1) is 60.0. The number of nitrogens with two attached hydrogens (primary N) is 4. The Labute approximate surface area is 440 Å². The van der Waals surface area contributed by atoms with Crippen LogP contribution in [0, 0.1) is 5.92 Å². The van der Waals surface area contributed by atoms with Crippen molar-refractivity contribution >= 4 is 80.7 Å². The second kappa shape index (κ2) is 29.4. The molecule has 9 amide bonds. The zero-order chi connectivity index (χ0) is 54.5. The number of hydrogen-bond donors (Lipinski definition) is 10. The number of ether oxygens (including phenoxy) is 1. The fourth-order valence-corrected chi connectivity index (χ4v) is 11.9. The maximum absolute atomic E-state index is 14.7. The highest BCUT2D eigenvalue weighted by atomic mass is 33.1. The Balaban J connectivity index is 1.76. The molecule has 2 saturated heterocycles. The smallest absolute Gasteiger partial charge is 0.246 e. The molecule has 0 spiro atoms. The molecule has 4 rings (SSSR count). The number of nitrogens with one attached hydrogen (secondary N) is 6. The number of aliphatic imine (C=N–C) groups is 1. The van der Waals surface area contributed by atoms with E-state index in [2.05, 4.69) is 36.9 Å². The van der Waals surface area contributed by atoms with Crippen molar-refractivity contribution in [2.45, 2.75) is 146 Å². The quantitative estimate of drug-likeness (QED) is 0.0389. The molecule has 2 aromatic carbocycles. The van der Waals surface area contributed by atoms with Crippen LogP contribution in [0.2, 0.25) is 0 Å². The van der Waals surface area contributed by atoms with E-state index in [1.807, 2.05) is 20.8 Å². The number of guanidine groups is 1. The van der Waals surface area contributed by atoms with Gasteiger partial charge in [0.15, 0.2) is 5.96 Å². The topological polar surface area (TPSA) is 355 Å². The molecule has 2 aromatic rings. The number of primary amides is 2. The van der Waals surface area contributed by atoms with Gasteiger partial charge in [0.05, 0.1) is 13.0 Å². The molecule has 0 aliphatic carbocycles. The van der Waals surface area contributed by atoms with Crippen LogP contribution < -0.4 is 59.6 Å². The summed E-state index contributed by atoms with van der Waals surface area (Å²) in [5.74, 6) is -7.04. The van der Waals surface area contributed by atoms with Crippen LogP contribution >= 0.6 is 21.6 Å². The monoisotopic (exact) mass is 1070 g/mol. The summed E-state index contributed by atoms with van der Waals surface area (Å²) in [6.45, 7) is 9.69. The van der Waals surface area contributed by atoms with E-state index in [4.69, 9.17) is 27.7 Å². The van der Waals surface area contributed by atoms with Gasteiger partial charge < -0.3 is 64.5 Å². The molecule has 2 aliphatic heterocycles. The van der Waals surface area contributed by atoms with E-state index in [0.29, 0.717) is 49.2 Å². The number of benzene rings is 2. The molecule has 22 nitrogen and oxygen atoms in total. The van der Waals surface area contributed by atoms with E-state index in [1.54, 1.807) is 68.4 Å². The number of likely N-dealkylation sites (tertiary alicyclic amines) is 1. The number of carbonyl (C=O) groups excluding carboxylic acids is 9. The Morgan fingerprint density at radius 1 is 0.797 bits per heavy atom. The third kappa shape index (κ3) is 18.4. The van der Waals surface area contributed by atoms with Crippen molar-refractivity contribution in [3.05, 3.63) is 65.7 Å². The first-order chi connectivity index (χ1) is 35.2. The zero-order valence-corrected chi connectivity index (χ0v) is 44.5. The average Bonchev–Trinajstić information content (AvgIpc) is 3.86. The summed E-state index contributed by atoms with van der Waals surface area (Å²) >= 11 is 0. The van der Waals surface area contributed by atoms with Crippen LogP contribution in [0.5, 0.6) is 5.75 Å². The predicted molar refractivity (Wildman–Crippen MR) is 284 cm³/mol. The van der Waals surface area contributed by atoms with Gasteiger partial charge in [-0.1, -0.05) is 91.7 Å². The third-order valence-electron chi connectivity index (χ3n) is 12.8. The molecule has 406 valence electrons. The summed E-state index contributed by atoms with van der Waals surface area (Å²) in [6.07, 6.45) is 1.21. The minimum atomic E-state index is -1.64. The highest BCUT2D eigenvalue weighted by Crippen LogP contribution is 2.44. The van der Waals surface area contributed by atoms with Crippen molar-refractivity contribution in [3.63, 3.8) is 0 Å². The summed E-state index contributed by atoms with van der Waals surface area (Å²) in [5, 5.41) is 16.5. The van der Waals surface area contributed by atoms with E-state index in [9.17, 15) is 43.2 Å². The molecule has 0 radical (unpaired) electrons. The van der Waals surface area contributed by atoms with Gasteiger partial charge in [0.2, 0.25) is 53.2 Å². The van der Waals surface area contributed by atoms with Gasteiger partial charge in [-0.2, -0.15) is 0 Å². The standard InChI is InChI=1S/C50H74N12O10S2/c1-6-50(7-2)27-40(64)56-34(25-31-18-20-32(21-19-31)72-8-3)43(66)58-35(24-30-14-10-9-11-15-30)45(68)61-41(29(4)5)47(70)59-36(26-39(51)63)44(67)60-37(28-73-74-50)48(71)62-23-13-17-38(62)46(69)57-33(42(52)65)16-12-22-55-49(53)54/h9-11,14-15,18-21,29,33-38,41H,6-8,12-13,16-17,22-28H2,1-5H3,(H2,51,63)(H2,52,65)(H,56,64)(H,57,69)(H,58,66)(H,59,70)(H,60,67)(H,61,68)(H4,53,54,55)/t33-,34-,35-,36-,37-,38+,41+/m1/s1. The number of nitrogens with zero attached hydrogens (tertiary/aromatic N) is 2. The Kier molecular flexibility index (Phi) is 23.8. The first-order valence-electron chi connectivity index (χ1n) is 25.0. The summed E-state index contributed by atoms with van der Waals surface area (Å²) in [5.41, 5.74) is 23.5. The van der Waals surface area contributed by atoms with Crippen molar-refractivity contribution < 1.29 is 47.9 Å². The van der Waals surface area contributed by atoms with Crippen molar-refractivity contribution in [3.8, 4) is 5.75 Å². The van der Waals surface area contributed by atoms with Gasteiger partial charge in [-0.3, -0.25) is 48.1 Å². The van der Waals surface area contributed by atoms with Gasteiger partial charge in [-0.15, -0.1) is 0 Å². The van der Waals surface area contributed by atoms with Gasteiger partial charge in [-0.25, -0.2) is 0 Å². The highest BCUT2D eigenvalue weighted by molar-refractivity contribution is 8.77. The van der Waals surface area contributed by atoms with Crippen LogP contribution in [0.25, 0.3) is 0 Å². The van der Waals surface area contributed by atoms with Crippen LogP contribution in [-0.2, 0) is 56.0 Å². The van der Waals surface area contributed by atoms with Crippen LogP contribution in [0.1, 0.15) is 97.1 Å². The Bertz CT molecular complexity index is 2300. The van der Waals surface area contributed by atoms with Crippen molar-refractivity contribution in [1.82, 2.24) is 36.8 Å². The molecule has 2 fully saturated rings. The number of amides is 9. The van der Waals surface area contributed by atoms with Gasteiger partial charge in [0.25, 0.3) is 0 Å². The number of carbonyl (C=O) groups is 9. The van der Waals surface area contributed by atoms with E-state index >= 15 is 0 Å². The lowest BCUT2D eigenvalue weighted by molar-refractivity contribution is -0.142. The average molecular weight is 1070 g/mol. The lowest BCUT2D eigenvalue weighted by Gasteiger charge is -2.33. The molecule has 0 aromatic heterocycles. The molecule has 74 heavy (non-hydrogen) atoms. The summed E-state index contributed by atoms with van der Waals surface area (Å²) < 4.78 is 4.84. The Hall–Kier alpha value is -6.56. The second-order valence-electron chi connectivity index (χ2n) is 18.7. The third-order valence-corrected chi connectivity index (χ3v) is 16.3. The minimum Gasteiger partial charge on any atom is -0.494 e. The Morgan fingerprint density at radius 2 is 1.41 bits per heavy atom. The highest BCUT2D eigenvalue weighted by Gasteiger charge is 2.41. The number of rotatable bonds is 19. The van der Waals surface area contributed by atoms with E-state index in [1.165, 1.54) is 26.5 Å². The minimum absolute atomic E-state index is 0.00864. The fraction of sp³-hybridized carbons (Fsp3) is 0.560. The second-order valence-corrected chi connectivity index (χ2v) is 21.5. The lowest BCUT2D eigenvalue weighted by Crippen LogP contribution is -2.61. The maximum atomic E-state index is 14.7. The molecule has 24 heteroatoms. The van der Waals surface area contributed by atoms with E-state index < -0.39 is 113 Å². The first-order valence-corrected chi connectivity index (χ1v) is 27.3. The SMILES string of the molecule is CCOc1ccc(C[C@H]2NC(=O)CC(CC)(CC)SSC[C@H](C(=O)N3CCC[C@H]3C(=O)N[C@H](CCCN=C(N)N)C(N)=O)NC(=O)[C@@H](CC(N)=O)NC(=O)[C@H](C(C)C)NC(=O)[C@@H](Cc3ccccc3)NC2=O)cc1. The van der Waals surface area contributed by atoms with Crippen molar-refractivity contribution in [2.75, 3.05) is 25.4 Å². The zero-order valence-electron chi connectivity index (χ0n) is 42.8. The van der Waals surface area contributed by atoms with E-state index in [0.717, 1.165) is 0 Å². The van der Waals surface area contributed by atoms with Gasteiger partial charge in [0, 0.05) is 42.9 Å². The molecular weight excluding hydrogens is 993 g/mol. The molecule has 2 heterocycles. The van der Waals surface area contributed by atoms with Gasteiger partial charge in [0.1, 0.15) is 48.0 Å².